The number of non-ortho nitro benzene ring substituents is 1. The molecule has 1 saturated carbocycles. The molecule has 1 amide bonds. The molecule has 0 unspecified atom stereocenters. The van der Waals surface area contributed by atoms with Crippen LogP contribution in [0.15, 0.2) is 84.6 Å². The van der Waals surface area contributed by atoms with Crippen molar-refractivity contribution < 1.29 is 44.1 Å². The van der Waals surface area contributed by atoms with E-state index in [-0.39, 0.29) is 68.6 Å². The molecule has 0 radical (unpaired) electrons. The largest absolute Gasteiger partial charge is 0.508 e. The minimum atomic E-state index is -1.44. The fraction of sp³-hybridized carbons (Fsp3) is 0.524. The summed E-state index contributed by atoms with van der Waals surface area (Å²) < 4.78 is 19.8. The second kappa shape index (κ2) is 19.7. The maximum absolute atomic E-state index is 14.1. The number of nitro groups is 1. The number of amides is 1. The average molecular weight is 762 g/mol. The third kappa shape index (κ3) is 9.40. The first-order valence-corrected chi connectivity index (χ1v) is 19.4. The summed E-state index contributed by atoms with van der Waals surface area (Å²) in [5.74, 6) is -1.58. The van der Waals surface area contributed by atoms with Gasteiger partial charge in [0.25, 0.3) is 5.69 Å². The molecule has 55 heavy (non-hydrogen) atoms. The van der Waals surface area contributed by atoms with Gasteiger partial charge < -0.3 is 34.4 Å². The highest BCUT2D eigenvalue weighted by molar-refractivity contribution is 6.03. The van der Waals surface area contributed by atoms with E-state index in [2.05, 4.69) is 19.2 Å². The highest BCUT2D eigenvalue weighted by atomic mass is 16.7. The Morgan fingerprint density at radius 3 is 2.51 bits per heavy atom. The predicted octanol–water partition coefficient (Wildman–Crippen LogP) is 7.56. The van der Waals surface area contributed by atoms with Crippen molar-refractivity contribution in [2.45, 2.75) is 89.1 Å². The second-order valence-corrected chi connectivity index (χ2v) is 14.4. The number of nitrogens with zero attached hydrogens (tertiary/aromatic N) is 3. The standard InChI is InChI=1S/C42H55N3O10/c1-4-7-24-52-41(49)44(20-5-2)38-27-36(43-54-28-29-14-16-31(17-15-29)45(50)51)34-25-30(12-8-10-21-46)33(13-9-11-22-47)39-35-26-32(48)18-19-37(35)55-42(38,40(34)39)53-23-6-3/h4,6,14-19,25-26,30,33,38-40,46-48H,1,3,5,7-13,20-24,27-28H2,2H3/t30-,33+,38-,39+,40+,42+/m0/s1. The summed E-state index contributed by atoms with van der Waals surface area (Å²) in [6, 6.07) is 10.4. The molecule has 6 atom stereocenters. The third-order valence-electron chi connectivity index (χ3n) is 10.8. The van der Waals surface area contributed by atoms with Crippen molar-refractivity contribution in [1.29, 1.82) is 0 Å². The van der Waals surface area contributed by atoms with E-state index in [1.807, 2.05) is 6.92 Å². The zero-order chi connectivity index (χ0) is 39.4. The van der Waals surface area contributed by atoms with Crippen molar-refractivity contribution in [2.75, 3.05) is 33.0 Å². The van der Waals surface area contributed by atoms with E-state index < -0.39 is 28.8 Å². The molecule has 5 rings (SSSR count). The number of aliphatic hydroxyl groups is 2. The Hall–Kier alpha value is -4.72. The van der Waals surface area contributed by atoms with Gasteiger partial charge in [0, 0.05) is 49.8 Å². The van der Waals surface area contributed by atoms with Gasteiger partial charge in [0.2, 0.25) is 5.79 Å². The van der Waals surface area contributed by atoms with Gasteiger partial charge in [-0.25, -0.2) is 4.79 Å². The molecule has 13 heteroatoms. The minimum absolute atomic E-state index is 0.00958. The van der Waals surface area contributed by atoms with Crippen LogP contribution in [0.1, 0.15) is 81.8 Å². The van der Waals surface area contributed by atoms with Gasteiger partial charge in [-0.05, 0) is 91.8 Å². The summed E-state index contributed by atoms with van der Waals surface area (Å²) >= 11 is 0. The molecule has 2 aromatic rings. The number of phenolic OH excluding ortho intramolecular Hbond substituents is 1. The summed E-state index contributed by atoms with van der Waals surface area (Å²) in [7, 11) is 0. The van der Waals surface area contributed by atoms with Crippen LogP contribution in [0.3, 0.4) is 0 Å². The van der Waals surface area contributed by atoms with Gasteiger partial charge in [0.05, 0.1) is 29.8 Å². The zero-order valence-electron chi connectivity index (χ0n) is 31.7. The van der Waals surface area contributed by atoms with Crippen molar-refractivity contribution in [3.63, 3.8) is 0 Å². The van der Waals surface area contributed by atoms with E-state index >= 15 is 0 Å². The molecule has 0 aromatic heterocycles. The first-order valence-electron chi connectivity index (χ1n) is 19.4. The Morgan fingerprint density at radius 1 is 1.09 bits per heavy atom. The molecule has 13 nitrogen and oxygen atoms in total. The van der Waals surface area contributed by atoms with Crippen LogP contribution in [0.5, 0.6) is 11.5 Å². The van der Waals surface area contributed by atoms with Gasteiger partial charge in [0.15, 0.2) is 0 Å². The molecule has 1 heterocycles. The number of nitro benzene ring substituents is 1. The average Bonchev–Trinajstić information content (AvgIpc) is 3.18. The number of aliphatic hydroxyl groups excluding tert-OH is 2. The molecule has 1 fully saturated rings. The Kier molecular flexibility index (Phi) is 14.9. The van der Waals surface area contributed by atoms with Gasteiger partial charge in [-0.2, -0.15) is 0 Å². The number of phenols is 1. The van der Waals surface area contributed by atoms with Crippen molar-refractivity contribution in [2.24, 2.45) is 22.9 Å². The predicted molar refractivity (Wildman–Crippen MR) is 208 cm³/mol. The van der Waals surface area contributed by atoms with Crippen LogP contribution in [0.2, 0.25) is 0 Å². The number of carbonyl (C=O) groups is 1. The van der Waals surface area contributed by atoms with Crippen molar-refractivity contribution in [3.8, 4) is 11.5 Å². The number of benzene rings is 2. The van der Waals surface area contributed by atoms with E-state index in [9.17, 15) is 30.2 Å². The number of oxime groups is 1. The highest BCUT2D eigenvalue weighted by Gasteiger charge is 2.65. The molecule has 0 saturated heterocycles. The van der Waals surface area contributed by atoms with E-state index in [1.54, 1.807) is 47.4 Å². The Labute approximate surface area is 323 Å². The molecular formula is C42H55N3O10. The van der Waals surface area contributed by atoms with E-state index in [4.69, 9.17) is 24.2 Å². The van der Waals surface area contributed by atoms with Crippen molar-refractivity contribution >= 4 is 17.5 Å². The molecule has 1 aliphatic heterocycles. The van der Waals surface area contributed by atoms with Gasteiger partial charge in [-0.3, -0.25) is 15.0 Å². The van der Waals surface area contributed by atoms with Crippen LogP contribution in [0, 0.1) is 27.9 Å². The lowest BCUT2D eigenvalue weighted by Crippen LogP contribution is -2.70. The fourth-order valence-electron chi connectivity index (χ4n) is 8.48. The van der Waals surface area contributed by atoms with Crippen molar-refractivity contribution in [1.82, 2.24) is 4.90 Å². The molecule has 298 valence electrons. The third-order valence-corrected chi connectivity index (χ3v) is 10.8. The van der Waals surface area contributed by atoms with Crippen LogP contribution < -0.4 is 4.74 Å². The first-order chi connectivity index (χ1) is 26.7. The van der Waals surface area contributed by atoms with Gasteiger partial charge >= 0.3 is 6.09 Å². The quantitative estimate of drug-likeness (QED) is 0.0499. The number of carbonyl (C=O) groups excluding carboxylic acids is 1. The van der Waals surface area contributed by atoms with Crippen LogP contribution in [0.25, 0.3) is 0 Å². The molecule has 0 bridgehead atoms. The number of allylic oxidation sites excluding steroid dienone is 1. The maximum atomic E-state index is 14.1. The molecule has 0 spiro atoms. The SMILES string of the molecule is C=CCCOC(=O)N(CCC)[C@H]1CC(=NOCc2ccc([N+](=O)[O-])cc2)C2=C[C@H](CCCCO)[C@@H](CCCCO)[C@@H]3c4cc(O)ccc4O[C@@]1(OCC=C)[C@H]23. The molecular weight excluding hydrogens is 706 g/mol. The molecule has 2 aromatic carbocycles. The summed E-state index contributed by atoms with van der Waals surface area (Å²) in [5.41, 5.74) is 2.94. The van der Waals surface area contributed by atoms with Crippen LogP contribution in [-0.4, -0.2) is 81.7 Å². The highest BCUT2D eigenvalue weighted by Crippen LogP contribution is 2.62. The lowest BCUT2D eigenvalue weighted by molar-refractivity contribution is -0.384. The van der Waals surface area contributed by atoms with Gasteiger partial charge in [0.1, 0.15) is 24.1 Å². The lowest BCUT2D eigenvalue weighted by Gasteiger charge is -2.59. The van der Waals surface area contributed by atoms with Crippen LogP contribution in [-0.2, 0) is 20.9 Å². The summed E-state index contributed by atoms with van der Waals surface area (Å²) in [4.78, 5) is 32.6. The molecule has 3 N–H and O–H groups in total. The topological polar surface area (TPSA) is 173 Å². The Balaban J connectivity index is 1.71. The van der Waals surface area contributed by atoms with Gasteiger partial charge in [-0.15, -0.1) is 13.2 Å². The first kappa shape index (κ1) is 41.4. The summed E-state index contributed by atoms with van der Waals surface area (Å²) in [6.07, 6.45) is 10.7. The number of hydrogen-bond acceptors (Lipinski definition) is 11. The molecule has 2 aliphatic carbocycles. The number of aromatic hydroxyl groups is 1. The van der Waals surface area contributed by atoms with Gasteiger partial charge in [-0.1, -0.05) is 43.1 Å². The summed E-state index contributed by atoms with van der Waals surface area (Å²) in [5, 5.41) is 46.4. The lowest BCUT2D eigenvalue weighted by atomic mass is 9.55. The van der Waals surface area contributed by atoms with Crippen LogP contribution in [0.4, 0.5) is 10.5 Å². The summed E-state index contributed by atoms with van der Waals surface area (Å²) in [6.45, 7) is 10.5. The Bertz CT molecular complexity index is 1690. The van der Waals surface area contributed by atoms with E-state index in [0.29, 0.717) is 49.3 Å². The van der Waals surface area contributed by atoms with E-state index in [1.165, 1.54) is 12.1 Å². The van der Waals surface area contributed by atoms with E-state index in [0.717, 1.165) is 36.8 Å². The Morgan fingerprint density at radius 2 is 1.84 bits per heavy atom. The number of unbranched alkanes of at least 4 members (excludes halogenated alkanes) is 2. The second-order valence-electron chi connectivity index (χ2n) is 14.4. The monoisotopic (exact) mass is 761 g/mol. The number of fused-ring (bicyclic) bond motifs is 2. The number of ether oxygens (including phenoxy) is 3. The molecule has 3 aliphatic rings. The number of rotatable bonds is 21. The van der Waals surface area contributed by atoms with Crippen molar-refractivity contribution in [3.05, 3.63) is 101 Å². The van der Waals surface area contributed by atoms with Crippen LogP contribution >= 0.6 is 0 Å². The normalized spacial score (nSPS) is 24.5. The smallest absolute Gasteiger partial charge is 0.410 e. The maximum Gasteiger partial charge on any atom is 0.410 e. The fourth-order valence-corrected chi connectivity index (χ4v) is 8.48. The number of hydrogen-bond donors (Lipinski definition) is 3. The zero-order valence-corrected chi connectivity index (χ0v) is 31.7. The minimum Gasteiger partial charge on any atom is -0.508 e.